The molecule has 2 aliphatic rings. The fourth-order valence-corrected chi connectivity index (χ4v) is 3.74. The first-order chi connectivity index (χ1) is 14.2. The van der Waals surface area contributed by atoms with Gasteiger partial charge in [0.15, 0.2) is 0 Å². The maximum absolute atomic E-state index is 13.0. The molecule has 1 atom stereocenters. The third-order valence-electron chi connectivity index (χ3n) is 5.30. The number of ether oxygens (including phenoxy) is 2. The summed E-state index contributed by atoms with van der Waals surface area (Å²) < 4.78 is 11.3. The van der Waals surface area contributed by atoms with Crippen LogP contribution in [0.4, 0.5) is 0 Å². The van der Waals surface area contributed by atoms with E-state index >= 15 is 0 Å². The Morgan fingerprint density at radius 3 is 2.72 bits per heavy atom. The predicted molar refractivity (Wildman–Crippen MR) is 108 cm³/mol. The van der Waals surface area contributed by atoms with Gasteiger partial charge in [-0.05, 0) is 31.1 Å². The Morgan fingerprint density at radius 1 is 1.10 bits per heavy atom. The lowest BCUT2D eigenvalue weighted by molar-refractivity contribution is -0.153. The van der Waals surface area contributed by atoms with Gasteiger partial charge in [-0.25, -0.2) is 4.79 Å². The Morgan fingerprint density at radius 2 is 1.93 bits per heavy atom. The molecule has 1 aromatic carbocycles. The second kappa shape index (κ2) is 8.90. The van der Waals surface area contributed by atoms with Crippen molar-refractivity contribution >= 4 is 18.0 Å². The van der Waals surface area contributed by atoms with Crippen LogP contribution in [-0.2, 0) is 14.3 Å². The van der Waals surface area contributed by atoms with Gasteiger partial charge >= 0.3 is 5.97 Å². The standard InChI is InChI=1S/C23H24N2O4/c26-22(25-19-9-2-1-3-10-19)21(17-8-6-12-24-14-17)29-23(27)18-13-16-7-4-5-11-20(16)28-15-18/h4-8,11-14,19,21H,1-3,9-10,15H2,(H,25,26)/t21-/m0/s1. The smallest absolute Gasteiger partial charge is 0.338 e. The van der Waals surface area contributed by atoms with Crippen molar-refractivity contribution in [3.63, 3.8) is 0 Å². The Hall–Kier alpha value is -3.15. The SMILES string of the molecule is O=C(O[C@H](C(=O)NC1CCCCC1)c1cccnc1)C1=Cc2ccccc2OC1. The molecule has 0 saturated heterocycles. The zero-order valence-electron chi connectivity index (χ0n) is 16.2. The number of carbonyl (C=O) groups is 2. The highest BCUT2D eigenvalue weighted by Gasteiger charge is 2.30. The minimum atomic E-state index is -1.05. The maximum atomic E-state index is 13.0. The highest BCUT2D eigenvalue weighted by molar-refractivity contribution is 5.97. The van der Waals surface area contributed by atoms with Crippen molar-refractivity contribution in [2.45, 2.75) is 44.2 Å². The van der Waals surface area contributed by atoms with Crippen molar-refractivity contribution in [2.24, 2.45) is 0 Å². The molecule has 6 nitrogen and oxygen atoms in total. The number of pyridine rings is 1. The number of nitrogens with zero attached hydrogens (tertiary/aromatic N) is 1. The number of esters is 1. The van der Waals surface area contributed by atoms with Gasteiger partial charge in [-0.2, -0.15) is 0 Å². The van der Waals surface area contributed by atoms with Crippen LogP contribution in [0, 0.1) is 0 Å². The summed E-state index contributed by atoms with van der Waals surface area (Å²) in [6, 6.07) is 11.1. The van der Waals surface area contributed by atoms with E-state index in [-0.39, 0.29) is 18.6 Å². The number of aromatic nitrogens is 1. The quantitative estimate of drug-likeness (QED) is 0.787. The van der Waals surface area contributed by atoms with Gasteiger partial charge in [0.25, 0.3) is 5.91 Å². The van der Waals surface area contributed by atoms with Crippen LogP contribution in [0.25, 0.3) is 6.08 Å². The van der Waals surface area contributed by atoms with Crippen LogP contribution in [0.1, 0.15) is 49.3 Å². The first-order valence-electron chi connectivity index (χ1n) is 10.0. The predicted octanol–water partition coefficient (Wildman–Crippen LogP) is 3.59. The summed E-state index contributed by atoms with van der Waals surface area (Å²) in [5, 5.41) is 3.05. The van der Waals surface area contributed by atoms with E-state index in [4.69, 9.17) is 9.47 Å². The van der Waals surface area contributed by atoms with Gasteiger partial charge in [0.05, 0.1) is 5.57 Å². The molecule has 1 saturated carbocycles. The van der Waals surface area contributed by atoms with Crippen LogP contribution >= 0.6 is 0 Å². The number of hydrogen-bond acceptors (Lipinski definition) is 5. The summed E-state index contributed by atoms with van der Waals surface area (Å²) in [5.41, 5.74) is 1.74. The van der Waals surface area contributed by atoms with E-state index in [0.717, 1.165) is 37.0 Å². The lowest BCUT2D eigenvalue weighted by Gasteiger charge is -2.26. The monoisotopic (exact) mass is 392 g/mol. The lowest BCUT2D eigenvalue weighted by Crippen LogP contribution is -2.40. The number of carbonyl (C=O) groups excluding carboxylic acids is 2. The molecule has 1 aliphatic heterocycles. The molecule has 4 rings (SSSR count). The molecule has 6 heteroatoms. The minimum Gasteiger partial charge on any atom is -0.488 e. The van der Waals surface area contributed by atoms with Gasteiger partial charge in [-0.1, -0.05) is 43.5 Å². The number of amides is 1. The summed E-state index contributed by atoms with van der Waals surface area (Å²) in [4.78, 5) is 29.9. The van der Waals surface area contributed by atoms with Gasteiger partial charge in [-0.3, -0.25) is 9.78 Å². The molecular formula is C23H24N2O4. The number of para-hydroxylation sites is 1. The van der Waals surface area contributed by atoms with Gasteiger partial charge in [0.2, 0.25) is 6.10 Å². The summed E-state index contributed by atoms with van der Waals surface area (Å²) in [6.45, 7) is 0.111. The number of fused-ring (bicyclic) bond motifs is 1. The fraction of sp³-hybridized carbons (Fsp3) is 0.348. The Labute approximate surface area is 169 Å². The van der Waals surface area contributed by atoms with E-state index < -0.39 is 12.1 Å². The zero-order valence-corrected chi connectivity index (χ0v) is 16.2. The average molecular weight is 392 g/mol. The van der Waals surface area contributed by atoms with Crippen LogP contribution in [0.5, 0.6) is 5.75 Å². The number of nitrogens with one attached hydrogen (secondary N) is 1. The van der Waals surface area contributed by atoms with Crippen molar-refractivity contribution in [3.8, 4) is 5.75 Å². The Bertz CT molecular complexity index is 904. The van der Waals surface area contributed by atoms with Crippen molar-refractivity contribution in [2.75, 3.05) is 6.61 Å². The van der Waals surface area contributed by atoms with Crippen LogP contribution in [0.3, 0.4) is 0 Å². The van der Waals surface area contributed by atoms with Crippen LogP contribution in [0.15, 0.2) is 54.4 Å². The molecule has 2 aromatic rings. The molecule has 1 aliphatic carbocycles. The zero-order chi connectivity index (χ0) is 20.1. The van der Waals surface area contributed by atoms with Crippen molar-refractivity contribution < 1.29 is 19.1 Å². The van der Waals surface area contributed by atoms with Crippen LogP contribution in [-0.4, -0.2) is 29.5 Å². The Balaban J connectivity index is 1.51. The van der Waals surface area contributed by atoms with E-state index in [2.05, 4.69) is 10.3 Å². The second-order valence-corrected chi connectivity index (χ2v) is 7.41. The van der Waals surface area contributed by atoms with E-state index in [1.54, 1.807) is 30.6 Å². The third-order valence-corrected chi connectivity index (χ3v) is 5.30. The molecule has 0 spiro atoms. The Kier molecular flexibility index (Phi) is 5.89. The fourth-order valence-electron chi connectivity index (χ4n) is 3.74. The first kappa shape index (κ1) is 19.2. The average Bonchev–Trinajstić information content (AvgIpc) is 2.78. The number of benzene rings is 1. The van der Waals surface area contributed by atoms with Gasteiger partial charge < -0.3 is 14.8 Å². The normalized spacial score (nSPS) is 17.3. The molecular weight excluding hydrogens is 368 g/mol. The summed E-state index contributed by atoms with van der Waals surface area (Å²) in [5.74, 6) is -0.147. The molecule has 1 amide bonds. The van der Waals surface area contributed by atoms with Crippen molar-refractivity contribution in [1.29, 1.82) is 0 Å². The molecule has 29 heavy (non-hydrogen) atoms. The topological polar surface area (TPSA) is 77.5 Å². The molecule has 0 unspecified atom stereocenters. The minimum absolute atomic E-state index is 0.111. The third kappa shape index (κ3) is 4.65. The molecule has 0 radical (unpaired) electrons. The van der Waals surface area contributed by atoms with E-state index in [0.29, 0.717) is 11.1 Å². The summed E-state index contributed by atoms with van der Waals surface area (Å²) >= 11 is 0. The summed E-state index contributed by atoms with van der Waals surface area (Å²) in [6.07, 6.45) is 9.19. The van der Waals surface area contributed by atoms with E-state index in [1.165, 1.54) is 6.42 Å². The van der Waals surface area contributed by atoms with E-state index in [1.807, 2.05) is 24.3 Å². The van der Waals surface area contributed by atoms with Gasteiger partial charge in [0, 0.05) is 29.6 Å². The lowest BCUT2D eigenvalue weighted by atomic mass is 9.95. The molecule has 1 aromatic heterocycles. The molecule has 1 N–H and O–H groups in total. The van der Waals surface area contributed by atoms with Crippen molar-refractivity contribution in [1.82, 2.24) is 10.3 Å². The van der Waals surface area contributed by atoms with Gasteiger partial charge in [-0.15, -0.1) is 0 Å². The number of rotatable bonds is 5. The molecule has 1 fully saturated rings. The summed E-state index contributed by atoms with van der Waals surface area (Å²) in [7, 11) is 0. The molecule has 0 bridgehead atoms. The highest BCUT2D eigenvalue weighted by atomic mass is 16.6. The van der Waals surface area contributed by atoms with Crippen molar-refractivity contribution in [3.05, 3.63) is 65.5 Å². The second-order valence-electron chi connectivity index (χ2n) is 7.41. The van der Waals surface area contributed by atoms with E-state index in [9.17, 15) is 9.59 Å². The highest BCUT2D eigenvalue weighted by Crippen LogP contribution is 2.28. The molecule has 2 heterocycles. The van der Waals surface area contributed by atoms with Crippen LogP contribution in [0.2, 0.25) is 0 Å². The maximum Gasteiger partial charge on any atom is 0.338 e. The largest absolute Gasteiger partial charge is 0.488 e. The first-order valence-corrected chi connectivity index (χ1v) is 10.0. The van der Waals surface area contributed by atoms with Gasteiger partial charge in [0.1, 0.15) is 12.4 Å². The van der Waals surface area contributed by atoms with Crippen LogP contribution < -0.4 is 10.1 Å². The number of hydrogen-bond donors (Lipinski definition) is 1. The molecule has 150 valence electrons.